The van der Waals surface area contributed by atoms with Gasteiger partial charge in [0.1, 0.15) is 17.1 Å². The molecule has 0 spiro atoms. The van der Waals surface area contributed by atoms with Gasteiger partial charge in [-0.25, -0.2) is 0 Å². The average molecular weight is 589 g/mol. The van der Waals surface area contributed by atoms with E-state index >= 15 is 8.63 Å². The number of oxime groups is 4. The summed E-state index contributed by atoms with van der Waals surface area (Å²) in [6.07, 6.45) is 9.16. The maximum atomic E-state index is 15.9. The molecule has 0 aromatic heterocycles. The van der Waals surface area contributed by atoms with Gasteiger partial charge >= 0.3 is 14.1 Å². The van der Waals surface area contributed by atoms with Crippen molar-refractivity contribution in [3.63, 3.8) is 0 Å². The van der Waals surface area contributed by atoms with Crippen LogP contribution in [0.1, 0.15) is 85.0 Å². The summed E-state index contributed by atoms with van der Waals surface area (Å²) in [5.74, 6) is -0.163. The van der Waals surface area contributed by atoms with E-state index in [1.165, 1.54) is 20.8 Å². The van der Waals surface area contributed by atoms with Gasteiger partial charge in [0.05, 0.1) is 12.1 Å². The van der Waals surface area contributed by atoms with Crippen LogP contribution in [-0.4, -0.2) is 60.1 Å². The van der Waals surface area contributed by atoms with Crippen molar-refractivity contribution in [3.8, 4) is 0 Å². The second-order valence-electron chi connectivity index (χ2n) is 9.92. The Morgan fingerprint density at radius 1 is 0.650 bits per heavy atom. The van der Waals surface area contributed by atoms with E-state index in [4.69, 9.17) is 40.1 Å². The lowest BCUT2D eigenvalue weighted by Gasteiger charge is -2.32. The van der Waals surface area contributed by atoms with Gasteiger partial charge in [-0.1, -0.05) is 50.1 Å². The van der Waals surface area contributed by atoms with Crippen LogP contribution in [0.2, 0.25) is 0 Å². The molecule has 14 nitrogen and oxygen atoms in total. The smallest absolute Gasteiger partial charge is 0.521 e. The Bertz CT molecular complexity index is 1020. The molecule has 222 valence electrons. The molecule has 0 amide bonds. The number of halogens is 3. The zero-order valence-corrected chi connectivity index (χ0v) is 23.4. The summed E-state index contributed by atoms with van der Waals surface area (Å²) in [5, 5.41) is 14.0. The minimum absolute atomic E-state index is 0.0352. The van der Waals surface area contributed by atoms with Crippen LogP contribution in [-0.2, 0) is 28.5 Å². The summed E-state index contributed by atoms with van der Waals surface area (Å²) in [6, 6.07) is -0.247. The molecule has 2 bridgehead atoms. The van der Waals surface area contributed by atoms with Gasteiger partial charge in [-0.2, -0.15) is 0 Å². The molecule has 0 aromatic carbocycles. The monoisotopic (exact) mass is 588 g/mol. The minimum Gasteiger partial charge on any atom is -0.521 e. The van der Waals surface area contributed by atoms with E-state index in [2.05, 4.69) is 41.6 Å². The second-order valence-corrected chi connectivity index (χ2v) is 10.3. The standard InChI is InChI=1S/C21H33B2ClF2N8O6/c1-14-19(24)32-38-23(26)37-31-16(3)20(27-17-10-6-4-7-11-17)33-39-22(25,35-29-14)36-30-15(2)21(34-40-23)28-18-12-8-5-9-13-18/h17-18H,4-13H2,1-3H3,(H,27,33)(H,28,34)/q-2/b29-14-,30-15-,31-16-,32-19?. The van der Waals surface area contributed by atoms with Gasteiger partial charge in [0.2, 0.25) is 0 Å². The topological polar surface area (TPSA) is 154 Å². The van der Waals surface area contributed by atoms with Crippen LogP contribution >= 0.6 is 11.6 Å². The fraction of sp³-hybridized carbons (Fsp3) is 0.714. The van der Waals surface area contributed by atoms with Crippen LogP contribution in [0.5, 0.6) is 0 Å². The third kappa shape index (κ3) is 8.51. The SMILES string of the molecule is C/C1=N/O[B-]2(F)O/N=C(/C)C(=NC3CCCCC3)NO[B-](F)(ON=C1Cl)O/N=C(/C)C(=NC1CCCCC1)NO2. The molecule has 19 heteroatoms. The van der Waals surface area contributed by atoms with Crippen molar-refractivity contribution in [1.29, 1.82) is 0 Å². The Morgan fingerprint density at radius 2 is 1.02 bits per heavy atom. The maximum Gasteiger partial charge on any atom is 0.750 e. The molecule has 0 aromatic rings. The zero-order valence-electron chi connectivity index (χ0n) is 22.6. The normalized spacial score (nSPS) is 35.9. The van der Waals surface area contributed by atoms with E-state index in [0.29, 0.717) is 0 Å². The van der Waals surface area contributed by atoms with Crippen LogP contribution < -0.4 is 11.0 Å². The molecule has 2 N–H and O–H groups in total. The zero-order chi connectivity index (χ0) is 28.6. The number of fused-ring (bicyclic) bond motifs is 11. The number of hydroxylamine groups is 2. The van der Waals surface area contributed by atoms with Crippen LogP contribution in [0, 0.1) is 0 Å². The number of nitrogens with zero attached hydrogens (tertiary/aromatic N) is 6. The van der Waals surface area contributed by atoms with E-state index in [0.717, 1.165) is 64.2 Å². The summed E-state index contributed by atoms with van der Waals surface area (Å²) < 4.78 is 62.0. The summed E-state index contributed by atoms with van der Waals surface area (Å²) in [4.78, 5) is 9.09. The highest BCUT2D eigenvalue weighted by Gasteiger charge is 2.42. The summed E-state index contributed by atoms with van der Waals surface area (Å²) in [7, 11) is -8.53. The van der Waals surface area contributed by atoms with E-state index in [1.807, 2.05) is 0 Å². The first-order valence-corrected chi connectivity index (χ1v) is 13.8. The predicted octanol–water partition coefficient (Wildman–Crippen LogP) is 4.08. The average Bonchev–Trinajstić information content (AvgIpc) is 2.97. The van der Waals surface area contributed by atoms with Gasteiger partial charge in [0, 0.05) is 0 Å². The quantitative estimate of drug-likeness (QED) is 0.458. The highest BCUT2D eigenvalue weighted by Crippen LogP contribution is 2.23. The van der Waals surface area contributed by atoms with Gasteiger partial charge < -0.3 is 37.2 Å². The molecule has 0 saturated heterocycles. The first kappa shape index (κ1) is 30.0. The van der Waals surface area contributed by atoms with Crippen molar-refractivity contribution in [2.45, 2.75) is 97.1 Å². The summed E-state index contributed by atoms with van der Waals surface area (Å²) >= 11 is 6.00. The lowest BCUT2D eigenvalue weighted by molar-refractivity contribution is -0.0000422. The number of nitrogens with one attached hydrogen (secondary N) is 2. The van der Waals surface area contributed by atoms with Gasteiger partial charge in [-0.15, -0.1) is 20.6 Å². The van der Waals surface area contributed by atoms with Crippen LogP contribution in [0.3, 0.4) is 0 Å². The molecule has 5 rings (SSSR count). The van der Waals surface area contributed by atoms with Crippen molar-refractivity contribution in [3.05, 3.63) is 0 Å². The van der Waals surface area contributed by atoms with Crippen molar-refractivity contribution < 1.29 is 37.2 Å². The van der Waals surface area contributed by atoms with E-state index < -0.39 is 19.2 Å². The third-order valence-corrected chi connectivity index (χ3v) is 6.90. The van der Waals surface area contributed by atoms with Crippen molar-refractivity contribution in [2.75, 3.05) is 0 Å². The Labute approximate surface area is 235 Å². The number of hydrogen-bond donors (Lipinski definition) is 2. The molecule has 5 aliphatic rings. The molecular weight excluding hydrogens is 555 g/mol. The van der Waals surface area contributed by atoms with Gasteiger partial charge in [0.25, 0.3) is 0 Å². The van der Waals surface area contributed by atoms with Crippen molar-refractivity contribution in [1.82, 2.24) is 11.0 Å². The third-order valence-electron chi connectivity index (χ3n) is 6.55. The first-order chi connectivity index (χ1) is 19.1. The van der Waals surface area contributed by atoms with Gasteiger partial charge in [-0.05, 0) is 46.5 Å². The second kappa shape index (κ2) is 13.6. The maximum absolute atomic E-state index is 15.9. The Balaban J connectivity index is 1.76. The lowest BCUT2D eigenvalue weighted by atomic mass is 9.96. The molecule has 2 fully saturated rings. The Morgan fingerprint density at radius 3 is 1.45 bits per heavy atom. The minimum atomic E-state index is -4.28. The number of aliphatic imine (C=N–C) groups is 2. The lowest BCUT2D eigenvalue weighted by Crippen LogP contribution is -2.50. The summed E-state index contributed by atoms with van der Waals surface area (Å²) in [5.41, 5.74) is 4.38. The molecule has 3 aliphatic heterocycles. The predicted molar refractivity (Wildman–Crippen MR) is 148 cm³/mol. The van der Waals surface area contributed by atoms with Crippen LogP contribution in [0.15, 0.2) is 30.6 Å². The molecule has 2 aliphatic carbocycles. The highest BCUT2D eigenvalue weighted by atomic mass is 35.5. The van der Waals surface area contributed by atoms with Crippen LogP contribution in [0.25, 0.3) is 0 Å². The van der Waals surface area contributed by atoms with Gasteiger partial charge in [-0.3, -0.25) is 20.9 Å². The van der Waals surface area contributed by atoms with E-state index in [1.54, 1.807) is 0 Å². The molecule has 40 heavy (non-hydrogen) atoms. The van der Waals surface area contributed by atoms with E-state index in [-0.39, 0.29) is 40.9 Å². The Kier molecular flexibility index (Phi) is 10.2. The highest BCUT2D eigenvalue weighted by molar-refractivity contribution is 6.83. The fourth-order valence-corrected chi connectivity index (χ4v) is 4.35. The summed E-state index contributed by atoms with van der Waals surface area (Å²) in [6.45, 7) is 4.13. The van der Waals surface area contributed by atoms with Gasteiger partial charge in [0.15, 0.2) is 16.8 Å². The number of hydrogen-bond acceptors (Lipinski definition) is 12. The molecule has 2 atom stereocenters. The van der Waals surface area contributed by atoms with Crippen molar-refractivity contribution >= 4 is 59.6 Å². The molecular formula is C21H33B2ClF2N8O6-2. The molecule has 0 radical (unpaired) electrons. The first-order valence-electron chi connectivity index (χ1n) is 13.4. The van der Waals surface area contributed by atoms with Crippen molar-refractivity contribution in [2.24, 2.45) is 30.6 Å². The Hall–Kier alpha value is -2.98. The van der Waals surface area contributed by atoms with E-state index in [9.17, 15) is 0 Å². The molecule has 3 heterocycles. The molecule has 2 saturated carbocycles. The largest absolute Gasteiger partial charge is 0.750 e. The fourth-order valence-electron chi connectivity index (χ4n) is 4.28. The number of rotatable bonds is 2. The molecule has 2 unspecified atom stereocenters. The number of amidine groups is 2. The van der Waals surface area contributed by atoms with Crippen LogP contribution in [0.4, 0.5) is 8.63 Å².